The van der Waals surface area contributed by atoms with Crippen molar-refractivity contribution < 1.29 is 23.4 Å². The monoisotopic (exact) mass is 241 g/mol. The highest BCUT2D eigenvalue weighted by Crippen LogP contribution is 2.29. The van der Waals surface area contributed by atoms with Gasteiger partial charge in [-0.15, -0.1) is 0 Å². The van der Waals surface area contributed by atoms with Crippen LogP contribution in [0.25, 0.3) is 0 Å². The molecule has 1 aromatic carbocycles. The average Bonchev–Trinajstić information content (AvgIpc) is 2.28. The Morgan fingerprint density at radius 1 is 1.59 bits per heavy atom. The van der Waals surface area contributed by atoms with Crippen LogP contribution in [0.1, 0.15) is 34.8 Å². The molecule has 0 aliphatic heterocycles. The first-order chi connectivity index (χ1) is 8.01. The number of carbonyl (C=O) groups is 1. The Morgan fingerprint density at radius 2 is 2.24 bits per heavy atom. The molecule has 1 N–H and O–H groups in total. The van der Waals surface area contributed by atoms with Crippen LogP contribution in [0.5, 0.6) is 5.75 Å². The van der Waals surface area contributed by atoms with Crippen LogP contribution in [0, 0.1) is 11.3 Å². The third-order valence-electron chi connectivity index (χ3n) is 2.00. The van der Waals surface area contributed by atoms with Crippen molar-refractivity contribution >= 4 is 5.97 Å². The fourth-order valence-corrected chi connectivity index (χ4v) is 1.26. The molecule has 17 heavy (non-hydrogen) atoms. The maximum Gasteiger partial charge on any atom is 0.339 e. The van der Waals surface area contributed by atoms with E-state index in [9.17, 15) is 18.7 Å². The number of carbonyl (C=O) groups excluding carboxylic acids is 1. The van der Waals surface area contributed by atoms with Gasteiger partial charge in [-0.05, 0) is 19.1 Å². The molecule has 0 unspecified atom stereocenters. The summed E-state index contributed by atoms with van der Waals surface area (Å²) >= 11 is 0. The van der Waals surface area contributed by atoms with Crippen molar-refractivity contribution in [1.29, 1.82) is 5.26 Å². The summed E-state index contributed by atoms with van der Waals surface area (Å²) in [5, 5.41) is 18.1. The average molecular weight is 241 g/mol. The van der Waals surface area contributed by atoms with Gasteiger partial charge in [0, 0.05) is 5.56 Å². The predicted molar refractivity (Wildman–Crippen MR) is 53.7 cm³/mol. The van der Waals surface area contributed by atoms with E-state index >= 15 is 0 Å². The van der Waals surface area contributed by atoms with Gasteiger partial charge < -0.3 is 9.84 Å². The molecule has 0 aliphatic rings. The lowest BCUT2D eigenvalue weighted by Crippen LogP contribution is -2.08. The van der Waals surface area contributed by atoms with E-state index in [4.69, 9.17) is 5.26 Å². The molecule has 0 heterocycles. The SMILES string of the molecule is CCOC(=O)c1cc(C(F)F)cc(O)c1C#N. The first-order valence-electron chi connectivity index (χ1n) is 4.73. The fraction of sp³-hybridized carbons (Fsp3) is 0.273. The summed E-state index contributed by atoms with van der Waals surface area (Å²) in [6.45, 7) is 1.59. The Balaban J connectivity index is 3.35. The smallest absolute Gasteiger partial charge is 0.339 e. The van der Waals surface area contributed by atoms with Crippen molar-refractivity contribution in [1.82, 2.24) is 0 Å². The number of ether oxygens (including phenoxy) is 1. The summed E-state index contributed by atoms with van der Waals surface area (Å²) in [6.07, 6.45) is -2.85. The molecular weight excluding hydrogens is 232 g/mol. The van der Waals surface area contributed by atoms with Gasteiger partial charge in [0.05, 0.1) is 12.2 Å². The molecule has 0 saturated carbocycles. The van der Waals surface area contributed by atoms with Gasteiger partial charge in [0.25, 0.3) is 6.43 Å². The Hall–Kier alpha value is -2.16. The molecule has 0 aromatic heterocycles. The van der Waals surface area contributed by atoms with Crippen LogP contribution in [0.2, 0.25) is 0 Å². The molecular formula is C11H9F2NO3. The zero-order valence-electron chi connectivity index (χ0n) is 8.91. The van der Waals surface area contributed by atoms with Gasteiger partial charge in [0.1, 0.15) is 17.4 Å². The van der Waals surface area contributed by atoms with Gasteiger partial charge in [-0.25, -0.2) is 13.6 Å². The molecule has 6 heteroatoms. The molecule has 0 fully saturated rings. The second kappa shape index (κ2) is 5.25. The number of phenols is 1. The lowest BCUT2D eigenvalue weighted by atomic mass is 10.0. The highest BCUT2D eigenvalue weighted by atomic mass is 19.3. The van der Waals surface area contributed by atoms with E-state index in [1.54, 1.807) is 13.0 Å². The molecule has 1 aromatic rings. The first-order valence-corrected chi connectivity index (χ1v) is 4.73. The van der Waals surface area contributed by atoms with Crippen molar-refractivity contribution in [2.45, 2.75) is 13.3 Å². The maximum absolute atomic E-state index is 12.5. The number of phenolic OH excluding ortho intramolecular Hbond substituents is 1. The first kappa shape index (κ1) is 12.9. The third-order valence-corrected chi connectivity index (χ3v) is 2.00. The lowest BCUT2D eigenvalue weighted by molar-refractivity contribution is 0.0525. The van der Waals surface area contributed by atoms with Crippen LogP contribution in [-0.2, 0) is 4.74 Å². The van der Waals surface area contributed by atoms with Crippen molar-refractivity contribution in [3.8, 4) is 11.8 Å². The van der Waals surface area contributed by atoms with Gasteiger partial charge in [-0.3, -0.25) is 0 Å². The second-order valence-electron chi connectivity index (χ2n) is 3.10. The molecule has 0 amide bonds. The Morgan fingerprint density at radius 3 is 2.71 bits per heavy atom. The lowest BCUT2D eigenvalue weighted by Gasteiger charge is -2.08. The van der Waals surface area contributed by atoms with Crippen LogP contribution in [-0.4, -0.2) is 17.7 Å². The largest absolute Gasteiger partial charge is 0.507 e. The Bertz CT molecular complexity index is 480. The molecule has 90 valence electrons. The van der Waals surface area contributed by atoms with Crippen molar-refractivity contribution in [3.05, 3.63) is 28.8 Å². The van der Waals surface area contributed by atoms with E-state index in [0.29, 0.717) is 0 Å². The molecule has 0 bridgehead atoms. The number of nitrogens with zero attached hydrogens (tertiary/aromatic N) is 1. The standard InChI is InChI=1S/C11H9F2NO3/c1-2-17-11(16)7-3-6(10(12)13)4-9(15)8(7)5-14/h3-4,10,15H,2H2,1H3. The van der Waals surface area contributed by atoms with Crippen molar-refractivity contribution in [2.75, 3.05) is 6.61 Å². The zero-order valence-corrected chi connectivity index (χ0v) is 8.91. The molecule has 4 nitrogen and oxygen atoms in total. The minimum Gasteiger partial charge on any atom is -0.507 e. The highest BCUT2D eigenvalue weighted by Gasteiger charge is 2.20. The fourth-order valence-electron chi connectivity index (χ4n) is 1.26. The van der Waals surface area contributed by atoms with Gasteiger partial charge in [0.15, 0.2) is 0 Å². The molecule has 1 rings (SSSR count). The molecule has 0 saturated heterocycles. The van der Waals surface area contributed by atoms with Crippen molar-refractivity contribution in [3.63, 3.8) is 0 Å². The van der Waals surface area contributed by atoms with E-state index in [1.165, 1.54) is 0 Å². The summed E-state index contributed by atoms with van der Waals surface area (Å²) < 4.78 is 29.5. The molecule has 0 aliphatic carbocycles. The van der Waals surface area contributed by atoms with Gasteiger partial charge >= 0.3 is 5.97 Å². The Labute approximate surface area is 96.0 Å². The van der Waals surface area contributed by atoms with E-state index in [-0.39, 0.29) is 17.7 Å². The molecule has 0 radical (unpaired) electrons. The topological polar surface area (TPSA) is 70.3 Å². The number of rotatable bonds is 3. The summed E-state index contributed by atoms with van der Waals surface area (Å²) in [6, 6.07) is 3.18. The Kier molecular flexibility index (Phi) is 3.99. The number of benzene rings is 1. The molecule has 0 atom stereocenters. The van der Waals surface area contributed by atoms with E-state index < -0.39 is 23.7 Å². The minimum absolute atomic E-state index is 0.0450. The number of nitriles is 1. The van der Waals surface area contributed by atoms with Gasteiger partial charge in [0.2, 0.25) is 0 Å². The summed E-state index contributed by atoms with van der Waals surface area (Å²) in [5.74, 6) is -1.57. The third kappa shape index (κ3) is 2.69. The van der Waals surface area contributed by atoms with Crippen LogP contribution >= 0.6 is 0 Å². The van der Waals surface area contributed by atoms with Crippen LogP contribution in [0.15, 0.2) is 12.1 Å². The van der Waals surface area contributed by atoms with Gasteiger partial charge in [-0.1, -0.05) is 0 Å². The second-order valence-corrected chi connectivity index (χ2v) is 3.10. The zero-order chi connectivity index (χ0) is 13.0. The summed E-state index contributed by atoms with van der Waals surface area (Å²) in [7, 11) is 0. The van der Waals surface area contributed by atoms with Crippen molar-refractivity contribution in [2.24, 2.45) is 0 Å². The highest BCUT2D eigenvalue weighted by molar-refractivity contribution is 5.93. The number of alkyl halides is 2. The minimum atomic E-state index is -2.85. The summed E-state index contributed by atoms with van der Waals surface area (Å²) in [4.78, 5) is 11.4. The van der Waals surface area contributed by atoms with Crippen LogP contribution in [0.3, 0.4) is 0 Å². The number of esters is 1. The van der Waals surface area contributed by atoms with E-state index in [1.807, 2.05) is 0 Å². The number of hydrogen-bond acceptors (Lipinski definition) is 4. The summed E-state index contributed by atoms with van der Waals surface area (Å²) in [5.41, 5.74) is -1.26. The van der Waals surface area contributed by atoms with Gasteiger partial charge in [-0.2, -0.15) is 5.26 Å². The maximum atomic E-state index is 12.5. The van der Waals surface area contributed by atoms with Crippen LogP contribution in [0.4, 0.5) is 8.78 Å². The van der Waals surface area contributed by atoms with Crippen LogP contribution < -0.4 is 0 Å². The predicted octanol–water partition coefficient (Wildman–Crippen LogP) is 2.38. The van der Waals surface area contributed by atoms with E-state index in [2.05, 4.69) is 4.74 Å². The number of halogens is 2. The number of aromatic hydroxyl groups is 1. The molecule has 0 spiro atoms. The quantitative estimate of drug-likeness (QED) is 0.825. The van der Waals surface area contributed by atoms with E-state index in [0.717, 1.165) is 12.1 Å². The normalized spacial score (nSPS) is 10.1. The number of hydrogen-bond donors (Lipinski definition) is 1.